The number of fused-ring (bicyclic) bond motifs is 3. The Labute approximate surface area is 220 Å². The molecule has 2 unspecified atom stereocenters. The molecule has 12 heteroatoms. The summed E-state index contributed by atoms with van der Waals surface area (Å²) in [5.74, 6) is -0.365. The summed E-state index contributed by atoms with van der Waals surface area (Å²) in [6.45, 7) is 7.30. The average molecular weight is 535 g/mol. The molecule has 3 fully saturated rings. The van der Waals surface area contributed by atoms with Gasteiger partial charge in [0.1, 0.15) is 35.4 Å². The number of likely N-dealkylation sites (tertiary alicyclic amines) is 1. The van der Waals surface area contributed by atoms with E-state index in [0.29, 0.717) is 37.2 Å². The van der Waals surface area contributed by atoms with Crippen molar-refractivity contribution in [2.45, 2.75) is 69.7 Å². The molecule has 3 saturated heterocycles. The molecule has 2 aromatic rings. The molecule has 0 radical (unpaired) electrons. The number of pyridine rings is 1. The third-order valence-electron chi connectivity index (χ3n) is 7.44. The highest BCUT2D eigenvalue weighted by molar-refractivity contribution is 6.30. The van der Waals surface area contributed by atoms with Crippen molar-refractivity contribution in [1.82, 2.24) is 24.8 Å². The molecule has 5 rings (SSSR count). The van der Waals surface area contributed by atoms with E-state index in [-0.39, 0.29) is 35.3 Å². The van der Waals surface area contributed by atoms with Crippen molar-refractivity contribution < 1.29 is 23.5 Å². The Morgan fingerprint density at radius 1 is 1.32 bits per heavy atom. The molecule has 0 spiro atoms. The van der Waals surface area contributed by atoms with Crippen LogP contribution in [-0.4, -0.2) is 93.6 Å². The highest BCUT2D eigenvalue weighted by Gasteiger charge is 2.55. The first kappa shape index (κ1) is 25.8. The van der Waals surface area contributed by atoms with E-state index in [4.69, 9.17) is 21.1 Å². The molecule has 3 atom stereocenters. The summed E-state index contributed by atoms with van der Waals surface area (Å²) >= 11 is 5.97. The number of ether oxygens (including phenoxy) is 2. The standard InChI is InChI=1S/C25H32ClFN6O4/c1-24(2,3)37-23(35)33-15-7-8-25(33,14-34)13-32(11-15)21-17-10-28-20(26)18(27)19(17)29-22(30-21)36-12-16-6-5-9-31(16)4/h10,14-16H,5-9,11-13H2,1-4H3/t15?,16-,25?/m0/s1. The van der Waals surface area contributed by atoms with Crippen molar-refractivity contribution in [3.63, 3.8) is 0 Å². The molecule has 37 heavy (non-hydrogen) atoms. The number of aldehydes is 1. The van der Waals surface area contributed by atoms with Gasteiger partial charge in [-0.25, -0.2) is 14.2 Å². The number of carbonyl (C=O) groups is 2. The topological polar surface area (TPSA) is 101 Å². The number of hydrogen-bond donors (Lipinski definition) is 0. The lowest BCUT2D eigenvalue weighted by Gasteiger charge is -2.46. The molecule has 0 saturated carbocycles. The van der Waals surface area contributed by atoms with Gasteiger partial charge < -0.3 is 24.1 Å². The van der Waals surface area contributed by atoms with E-state index in [0.717, 1.165) is 25.7 Å². The Kier molecular flexibility index (Phi) is 6.64. The van der Waals surface area contributed by atoms with E-state index in [2.05, 4.69) is 19.9 Å². The number of halogens is 2. The molecule has 0 aromatic carbocycles. The zero-order valence-electron chi connectivity index (χ0n) is 21.5. The third-order valence-corrected chi connectivity index (χ3v) is 7.70. The molecular formula is C25H32ClFN6O4. The predicted molar refractivity (Wildman–Crippen MR) is 136 cm³/mol. The number of likely N-dealkylation sites (N-methyl/N-ethyl adjacent to an activating group) is 1. The van der Waals surface area contributed by atoms with Gasteiger partial charge in [-0.3, -0.25) is 4.90 Å². The lowest BCUT2D eigenvalue weighted by Crippen LogP contribution is -2.65. The van der Waals surface area contributed by atoms with Crippen molar-refractivity contribution in [3.8, 4) is 6.01 Å². The van der Waals surface area contributed by atoms with Crippen LogP contribution in [0, 0.1) is 5.82 Å². The van der Waals surface area contributed by atoms with Crippen LogP contribution in [0.15, 0.2) is 6.20 Å². The molecule has 3 aliphatic rings. The zero-order valence-corrected chi connectivity index (χ0v) is 22.3. The predicted octanol–water partition coefficient (Wildman–Crippen LogP) is 3.45. The number of piperazine rings is 1. The van der Waals surface area contributed by atoms with Crippen LogP contribution in [0.5, 0.6) is 6.01 Å². The number of rotatable bonds is 5. The van der Waals surface area contributed by atoms with Crippen LogP contribution in [0.2, 0.25) is 5.15 Å². The third kappa shape index (κ3) is 4.79. The summed E-state index contributed by atoms with van der Waals surface area (Å²) in [6.07, 6.45) is 4.94. The second-order valence-corrected chi connectivity index (χ2v) is 11.5. The van der Waals surface area contributed by atoms with Gasteiger partial charge in [0, 0.05) is 25.3 Å². The fourth-order valence-corrected chi connectivity index (χ4v) is 5.77. The minimum absolute atomic E-state index is 0.00171. The maximum Gasteiger partial charge on any atom is 0.411 e. The maximum atomic E-state index is 15.1. The first-order valence-corrected chi connectivity index (χ1v) is 13.0. The molecule has 10 nitrogen and oxygen atoms in total. The Morgan fingerprint density at radius 3 is 2.78 bits per heavy atom. The van der Waals surface area contributed by atoms with Gasteiger partial charge in [-0.05, 0) is 60.0 Å². The lowest BCUT2D eigenvalue weighted by molar-refractivity contribution is -0.118. The van der Waals surface area contributed by atoms with Gasteiger partial charge in [0.2, 0.25) is 0 Å². The van der Waals surface area contributed by atoms with Crippen molar-refractivity contribution in [2.24, 2.45) is 0 Å². The van der Waals surface area contributed by atoms with Crippen molar-refractivity contribution in [2.75, 3.05) is 38.2 Å². The Balaban J connectivity index is 1.50. The largest absolute Gasteiger partial charge is 0.462 e. The molecule has 5 heterocycles. The van der Waals surface area contributed by atoms with Crippen molar-refractivity contribution in [3.05, 3.63) is 17.2 Å². The van der Waals surface area contributed by atoms with Gasteiger partial charge in [0.25, 0.3) is 0 Å². The van der Waals surface area contributed by atoms with Gasteiger partial charge in [-0.2, -0.15) is 9.97 Å². The summed E-state index contributed by atoms with van der Waals surface area (Å²) in [6, 6.07) is -0.0216. The van der Waals surface area contributed by atoms with Crippen LogP contribution in [-0.2, 0) is 9.53 Å². The number of nitrogens with zero attached hydrogens (tertiary/aromatic N) is 6. The molecular weight excluding hydrogens is 503 g/mol. The second kappa shape index (κ2) is 9.50. The van der Waals surface area contributed by atoms with Crippen LogP contribution in [0.4, 0.5) is 15.0 Å². The van der Waals surface area contributed by atoms with E-state index in [1.165, 1.54) is 6.20 Å². The number of carbonyl (C=O) groups excluding carboxylic acids is 2. The van der Waals surface area contributed by atoms with Crippen LogP contribution in [0.25, 0.3) is 10.9 Å². The SMILES string of the molecule is CN1CCC[C@H]1COc1nc(N2CC3CCC(C=O)(C2)N3C(=O)OC(C)(C)C)c2cnc(Cl)c(F)c2n1. The summed E-state index contributed by atoms with van der Waals surface area (Å²) < 4.78 is 26.6. The number of aromatic nitrogens is 3. The maximum absolute atomic E-state index is 15.1. The van der Waals surface area contributed by atoms with E-state index >= 15 is 4.39 Å². The lowest BCUT2D eigenvalue weighted by atomic mass is 9.97. The van der Waals surface area contributed by atoms with E-state index in [9.17, 15) is 9.59 Å². The fraction of sp³-hybridized carbons (Fsp3) is 0.640. The van der Waals surface area contributed by atoms with Gasteiger partial charge in [-0.1, -0.05) is 11.6 Å². The fourth-order valence-electron chi connectivity index (χ4n) is 5.63. The van der Waals surface area contributed by atoms with Crippen LogP contribution in [0.3, 0.4) is 0 Å². The Hall–Kier alpha value is -2.79. The molecule has 1 amide bonds. The summed E-state index contributed by atoms with van der Waals surface area (Å²) in [5, 5.41) is 0.0659. The van der Waals surface area contributed by atoms with Crippen molar-refractivity contribution >= 4 is 40.7 Å². The normalized spacial score (nSPS) is 26.1. The minimum atomic E-state index is -1.09. The minimum Gasteiger partial charge on any atom is -0.462 e. The number of hydrogen-bond acceptors (Lipinski definition) is 9. The molecule has 3 aliphatic heterocycles. The monoisotopic (exact) mass is 534 g/mol. The van der Waals surface area contributed by atoms with Crippen LogP contribution >= 0.6 is 11.6 Å². The second-order valence-electron chi connectivity index (χ2n) is 11.2. The highest BCUT2D eigenvalue weighted by Crippen LogP contribution is 2.42. The van der Waals surface area contributed by atoms with E-state index in [1.54, 1.807) is 25.7 Å². The molecule has 2 aromatic heterocycles. The molecule has 0 aliphatic carbocycles. The Bertz CT molecular complexity index is 1230. The Morgan fingerprint density at radius 2 is 2.11 bits per heavy atom. The average Bonchev–Trinajstić information content (AvgIpc) is 3.36. The summed E-state index contributed by atoms with van der Waals surface area (Å²) in [4.78, 5) is 44.1. The van der Waals surface area contributed by atoms with Crippen LogP contribution in [0.1, 0.15) is 46.5 Å². The van der Waals surface area contributed by atoms with Crippen LogP contribution < -0.4 is 9.64 Å². The number of amides is 1. The number of anilines is 1. The van der Waals surface area contributed by atoms with Gasteiger partial charge in [0.15, 0.2) is 11.0 Å². The summed E-state index contributed by atoms with van der Waals surface area (Å²) in [5.41, 5.74) is -1.78. The molecule has 2 bridgehead atoms. The molecule has 200 valence electrons. The first-order valence-electron chi connectivity index (χ1n) is 12.6. The smallest absolute Gasteiger partial charge is 0.411 e. The van der Waals surface area contributed by atoms with E-state index in [1.807, 2.05) is 11.9 Å². The van der Waals surface area contributed by atoms with E-state index < -0.39 is 23.1 Å². The highest BCUT2D eigenvalue weighted by atomic mass is 35.5. The van der Waals surface area contributed by atoms with Gasteiger partial charge in [-0.15, -0.1) is 0 Å². The van der Waals surface area contributed by atoms with Gasteiger partial charge in [0.05, 0.1) is 11.4 Å². The van der Waals surface area contributed by atoms with Crippen molar-refractivity contribution in [1.29, 1.82) is 0 Å². The zero-order chi connectivity index (χ0) is 26.5. The quantitative estimate of drug-likeness (QED) is 0.421. The first-order chi connectivity index (χ1) is 17.5. The summed E-state index contributed by atoms with van der Waals surface area (Å²) in [7, 11) is 2.04. The molecule has 0 N–H and O–H groups in total. The van der Waals surface area contributed by atoms with Gasteiger partial charge >= 0.3 is 12.1 Å².